The maximum Gasteiger partial charge on any atom is 0.243 e. The Morgan fingerprint density at radius 1 is 1.18 bits per heavy atom. The van der Waals surface area contributed by atoms with Gasteiger partial charge in [0.1, 0.15) is 0 Å². The Kier molecular flexibility index (Phi) is 5.35. The minimum atomic E-state index is -3.53. The Balaban J connectivity index is 0.00000176. The summed E-state index contributed by atoms with van der Waals surface area (Å²) < 4.78 is 27.3. The maximum absolute atomic E-state index is 12.9. The second-order valence-electron chi connectivity index (χ2n) is 5.26. The summed E-state index contributed by atoms with van der Waals surface area (Å²) in [5, 5.41) is 5.19. The van der Waals surface area contributed by atoms with Crippen LogP contribution in [0.25, 0.3) is 10.8 Å². The van der Waals surface area contributed by atoms with E-state index in [1.54, 1.807) is 25.2 Å². The largest absolute Gasteiger partial charge is 0.315 e. The molecule has 7 heteroatoms. The van der Waals surface area contributed by atoms with Crippen LogP contribution < -0.4 is 5.32 Å². The molecule has 1 unspecified atom stereocenters. The zero-order valence-electron chi connectivity index (χ0n) is 12.1. The highest BCUT2D eigenvalue weighted by molar-refractivity contribution is 7.89. The van der Waals surface area contributed by atoms with Crippen LogP contribution in [-0.4, -0.2) is 38.9 Å². The van der Waals surface area contributed by atoms with Crippen molar-refractivity contribution in [2.24, 2.45) is 0 Å². The van der Waals surface area contributed by atoms with Gasteiger partial charge in [-0.1, -0.05) is 35.9 Å². The van der Waals surface area contributed by atoms with Crippen molar-refractivity contribution in [3.63, 3.8) is 0 Å². The van der Waals surface area contributed by atoms with Crippen LogP contribution in [0.3, 0.4) is 0 Å². The van der Waals surface area contributed by atoms with Crippen LogP contribution >= 0.6 is 24.0 Å². The Morgan fingerprint density at radius 2 is 1.86 bits per heavy atom. The number of halogens is 2. The van der Waals surface area contributed by atoms with Crippen LogP contribution in [0.15, 0.2) is 41.3 Å². The van der Waals surface area contributed by atoms with Gasteiger partial charge in [-0.2, -0.15) is 4.31 Å². The van der Waals surface area contributed by atoms with Gasteiger partial charge in [-0.15, -0.1) is 12.4 Å². The third kappa shape index (κ3) is 2.96. The second-order valence-corrected chi connectivity index (χ2v) is 7.63. The molecule has 1 aliphatic heterocycles. The molecule has 0 radical (unpaired) electrons. The number of benzene rings is 2. The highest BCUT2D eigenvalue weighted by Crippen LogP contribution is 2.31. The minimum absolute atomic E-state index is 0. The summed E-state index contributed by atoms with van der Waals surface area (Å²) in [7, 11) is -1.88. The van der Waals surface area contributed by atoms with Crippen LogP contribution in [0.1, 0.15) is 6.42 Å². The Morgan fingerprint density at radius 3 is 2.50 bits per heavy atom. The van der Waals surface area contributed by atoms with E-state index in [4.69, 9.17) is 11.6 Å². The van der Waals surface area contributed by atoms with Gasteiger partial charge in [0.15, 0.2) is 0 Å². The van der Waals surface area contributed by atoms with Crippen molar-refractivity contribution in [3.8, 4) is 0 Å². The molecule has 0 amide bonds. The molecule has 3 rings (SSSR count). The topological polar surface area (TPSA) is 49.4 Å². The highest BCUT2D eigenvalue weighted by Gasteiger charge is 2.31. The summed E-state index contributed by atoms with van der Waals surface area (Å²) in [5.41, 5.74) is 0. The molecule has 4 nitrogen and oxygen atoms in total. The van der Waals surface area contributed by atoms with Crippen LogP contribution in [0.5, 0.6) is 0 Å². The van der Waals surface area contributed by atoms with Crippen LogP contribution in [0.4, 0.5) is 0 Å². The molecule has 120 valence electrons. The van der Waals surface area contributed by atoms with Gasteiger partial charge < -0.3 is 5.32 Å². The first-order valence-electron chi connectivity index (χ1n) is 6.88. The van der Waals surface area contributed by atoms with E-state index in [2.05, 4.69) is 5.32 Å². The summed E-state index contributed by atoms with van der Waals surface area (Å²) in [4.78, 5) is 0.317. The van der Waals surface area contributed by atoms with Crippen LogP contribution in [0.2, 0.25) is 5.02 Å². The molecule has 0 bridgehead atoms. The molecule has 2 aromatic rings. The highest BCUT2D eigenvalue weighted by atomic mass is 35.5. The number of hydrogen-bond donors (Lipinski definition) is 1. The van der Waals surface area contributed by atoms with Crippen LogP contribution in [0, 0.1) is 0 Å². The molecule has 1 heterocycles. The summed E-state index contributed by atoms with van der Waals surface area (Å²) in [6.07, 6.45) is 0.835. The minimum Gasteiger partial charge on any atom is -0.315 e. The lowest BCUT2D eigenvalue weighted by atomic mass is 10.1. The normalized spacial score (nSPS) is 18.6. The average Bonchev–Trinajstić information content (AvgIpc) is 3.01. The number of fused-ring (bicyclic) bond motifs is 1. The first kappa shape index (κ1) is 17.5. The summed E-state index contributed by atoms with van der Waals surface area (Å²) in [6, 6.07) is 10.6. The maximum atomic E-state index is 12.9. The lowest BCUT2D eigenvalue weighted by Gasteiger charge is -2.24. The van der Waals surface area contributed by atoms with E-state index in [-0.39, 0.29) is 18.4 Å². The van der Waals surface area contributed by atoms with Crippen LogP contribution in [-0.2, 0) is 10.0 Å². The Bertz CT molecular complexity index is 774. The fourth-order valence-corrected chi connectivity index (χ4v) is 4.57. The van der Waals surface area contributed by atoms with Crippen molar-refractivity contribution < 1.29 is 8.42 Å². The number of hydrogen-bond acceptors (Lipinski definition) is 3. The van der Waals surface area contributed by atoms with Gasteiger partial charge >= 0.3 is 0 Å². The van der Waals surface area contributed by atoms with Crippen molar-refractivity contribution in [2.45, 2.75) is 17.4 Å². The van der Waals surface area contributed by atoms with Crippen molar-refractivity contribution in [2.75, 3.05) is 20.1 Å². The molecular formula is C15H18Cl2N2O2S. The molecule has 1 aliphatic rings. The third-order valence-electron chi connectivity index (χ3n) is 4.04. The molecule has 1 atom stereocenters. The fourth-order valence-electron chi connectivity index (χ4n) is 2.76. The van der Waals surface area contributed by atoms with E-state index >= 15 is 0 Å². The first-order valence-corrected chi connectivity index (χ1v) is 8.69. The van der Waals surface area contributed by atoms with Crippen molar-refractivity contribution in [1.29, 1.82) is 0 Å². The van der Waals surface area contributed by atoms with Crippen molar-refractivity contribution in [3.05, 3.63) is 41.4 Å². The molecule has 1 saturated heterocycles. The molecule has 0 saturated carbocycles. The van der Waals surface area contributed by atoms with E-state index in [1.807, 2.05) is 18.2 Å². The SMILES string of the molecule is CN(C1CCNC1)S(=O)(=O)c1ccc(Cl)c2ccccc12.Cl. The predicted octanol–water partition coefficient (Wildman–Crippen LogP) is 2.90. The van der Waals surface area contributed by atoms with E-state index in [0.29, 0.717) is 21.8 Å². The lowest BCUT2D eigenvalue weighted by Crippen LogP contribution is -2.38. The van der Waals surface area contributed by atoms with Gasteiger partial charge in [-0.05, 0) is 25.1 Å². The van der Waals surface area contributed by atoms with E-state index in [9.17, 15) is 8.42 Å². The summed E-state index contributed by atoms with van der Waals surface area (Å²) in [5.74, 6) is 0. The van der Waals surface area contributed by atoms with Gasteiger partial charge in [0.05, 0.1) is 4.90 Å². The quantitative estimate of drug-likeness (QED) is 0.915. The smallest absolute Gasteiger partial charge is 0.243 e. The molecule has 2 aromatic carbocycles. The van der Waals surface area contributed by atoms with E-state index in [0.717, 1.165) is 18.4 Å². The standard InChI is InChI=1S/C15H17ClN2O2S.ClH/c1-18(11-8-9-17-10-11)21(19,20)15-7-6-14(16)12-4-2-3-5-13(12)15;/h2-7,11,17H,8-10H2,1H3;1H. The van der Waals surface area contributed by atoms with Gasteiger partial charge in [-0.3, -0.25) is 0 Å². The molecular weight excluding hydrogens is 343 g/mol. The number of rotatable bonds is 3. The molecule has 0 spiro atoms. The zero-order chi connectivity index (χ0) is 15.0. The van der Waals surface area contributed by atoms with Gasteiger partial charge in [-0.25, -0.2) is 8.42 Å². The summed E-state index contributed by atoms with van der Waals surface area (Å²) >= 11 is 6.17. The Hall–Kier alpha value is -0.850. The lowest BCUT2D eigenvalue weighted by molar-refractivity contribution is 0.388. The number of likely N-dealkylation sites (N-methyl/N-ethyl adjacent to an activating group) is 1. The summed E-state index contributed by atoms with van der Waals surface area (Å²) in [6.45, 7) is 1.55. The van der Waals surface area contributed by atoms with E-state index < -0.39 is 10.0 Å². The second kappa shape index (κ2) is 6.72. The monoisotopic (exact) mass is 360 g/mol. The number of sulfonamides is 1. The molecule has 22 heavy (non-hydrogen) atoms. The van der Waals surface area contributed by atoms with E-state index in [1.165, 1.54) is 4.31 Å². The zero-order valence-corrected chi connectivity index (χ0v) is 14.5. The molecule has 0 aliphatic carbocycles. The Labute approximate surface area is 141 Å². The van der Waals surface area contributed by atoms with Gasteiger partial charge in [0, 0.05) is 35.4 Å². The molecule has 1 N–H and O–H groups in total. The average molecular weight is 361 g/mol. The molecule has 1 fully saturated rings. The van der Waals surface area contributed by atoms with Crippen molar-refractivity contribution in [1.82, 2.24) is 9.62 Å². The fraction of sp³-hybridized carbons (Fsp3) is 0.333. The van der Waals surface area contributed by atoms with Gasteiger partial charge in [0.2, 0.25) is 10.0 Å². The van der Waals surface area contributed by atoms with Crippen molar-refractivity contribution >= 4 is 44.8 Å². The first-order chi connectivity index (χ1) is 10.0. The van der Waals surface area contributed by atoms with Gasteiger partial charge in [0.25, 0.3) is 0 Å². The predicted molar refractivity (Wildman–Crippen MR) is 92.4 cm³/mol. The number of nitrogens with zero attached hydrogens (tertiary/aromatic N) is 1. The molecule has 0 aromatic heterocycles. The third-order valence-corrected chi connectivity index (χ3v) is 6.33. The number of nitrogens with one attached hydrogen (secondary N) is 1.